The van der Waals surface area contributed by atoms with Gasteiger partial charge in [0.05, 0.1) is 12.7 Å². The Bertz CT molecular complexity index is 344. The van der Waals surface area contributed by atoms with Crippen LogP contribution < -0.4 is 0 Å². The first-order valence-electron chi connectivity index (χ1n) is 4.82. The number of aliphatic hydroxyl groups excluding tert-OH is 2. The minimum atomic E-state index is -7.54. The topological polar surface area (TPSA) is 40.5 Å². The SMILES string of the molecule is OCC(O)CC(F)(F)C(F)(F)C(F)(C(F)(F)F)C(F)(F)F. The van der Waals surface area contributed by atoms with E-state index in [1.54, 1.807) is 0 Å². The van der Waals surface area contributed by atoms with E-state index >= 15 is 0 Å². The van der Waals surface area contributed by atoms with Gasteiger partial charge in [0.2, 0.25) is 0 Å². The van der Waals surface area contributed by atoms with Gasteiger partial charge in [-0.1, -0.05) is 0 Å². The van der Waals surface area contributed by atoms with Gasteiger partial charge in [0, 0.05) is 6.42 Å². The molecule has 0 aromatic heterocycles. The molecule has 2 nitrogen and oxygen atoms in total. The molecule has 0 spiro atoms. The summed E-state index contributed by atoms with van der Waals surface area (Å²) in [6.45, 7) is -1.66. The summed E-state index contributed by atoms with van der Waals surface area (Å²) in [7, 11) is 0. The van der Waals surface area contributed by atoms with E-state index in [9.17, 15) is 48.3 Å². The molecule has 0 bridgehead atoms. The van der Waals surface area contributed by atoms with Crippen molar-refractivity contribution in [1.82, 2.24) is 0 Å². The van der Waals surface area contributed by atoms with Gasteiger partial charge in [-0.3, -0.25) is 0 Å². The molecular weight excluding hydrogens is 337 g/mol. The molecule has 0 radical (unpaired) electrons. The Morgan fingerprint density at radius 1 is 0.714 bits per heavy atom. The predicted octanol–water partition coefficient (Wildman–Crippen LogP) is 2.83. The van der Waals surface area contributed by atoms with E-state index in [1.165, 1.54) is 0 Å². The third-order valence-electron chi connectivity index (χ3n) is 2.38. The molecule has 0 aromatic rings. The fraction of sp³-hybridized carbons (Fsp3) is 1.00. The molecule has 0 saturated carbocycles. The lowest BCUT2D eigenvalue weighted by molar-refractivity contribution is -0.428. The zero-order valence-electron chi connectivity index (χ0n) is 9.54. The van der Waals surface area contributed by atoms with Crippen LogP contribution in [0.5, 0.6) is 0 Å². The van der Waals surface area contributed by atoms with Gasteiger partial charge in [-0.2, -0.15) is 43.9 Å². The standard InChI is InChI=1S/C8H7F11O2/c9-4(10,1-3(21)2-20)6(12,13)5(11,7(14,15)16)8(17,18)19/h3,20-21H,1-2H2. The monoisotopic (exact) mass is 344 g/mol. The van der Waals surface area contributed by atoms with E-state index in [0.717, 1.165) is 0 Å². The van der Waals surface area contributed by atoms with Gasteiger partial charge in [0.1, 0.15) is 0 Å². The number of rotatable bonds is 5. The van der Waals surface area contributed by atoms with E-state index in [1.807, 2.05) is 0 Å². The Morgan fingerprint density at radius 2 is 1.05 bits per heavy atom. The minimum absolute atomic E-state index is 1.66. The second kappa shape index (κ2) is 5.41. The minimum Gasteiger partial charge on any atom is -0.394 e. The summed E-state index contributed by atoms with van der Waals surface area (Å²) in [6.07, 6.45) is -20.3. The number of aliphatic hydroxyl groups is 2. The van der Waals surface area contributed by atoms with Crippen molar-refractivity contribution in [2.75, 3.05) is 6.61 Å². The van der Waals surface area contributed by atoms with Gasteiger partial charge in [-0.25, -0.2) is 4.39 Å². The van der Waals surface area contributed by atoms with Gasteiger partial charge >= 0.3 is 29.9 Å². The van der Waals surface area contributed by atoms with Gasteiger partial charge < -0.3 is 10.2 Å². The molecule has 0 aromatic carbocycles. The highest BCUT2D eigenvalue weighted by molar-refractivity contribution is 5.11. The molecule has 0 rings (SSSR count). The van der Waals surface area contributed by atoms with Crippen molar-refractivity contribution in [1.29, 1.82) is 0 Å². The van der Waals surface area contributed by atoms with E-state index in [-0.39, 0.29) is 0 Å². The molecule has 0 aliphatic rings. The molecule has 21 heavy (non-hydrogen) atoms. The fourth-order valence-corrected chi connectivity index (χ4v) is 1.26. The van der Waals surface area contributed by atoms with Crippen LogP contribution in [0.15, 0.2) is 0 Å². The van der Waals surface area contributed by atoms with Crippen molar-refractivity contribution in [3.05, 3.63) is 0 Å². The summed E-state index contributed by atoms with van der Waals surface area (Å²) < 4.78 is 137. The Kier molecular flexibility index (Phi) is 5.19. The predicted molar refractivity (Wildman–Crippen MR) is 43.6 cm³/mol. The summed E-state index contributed by atoms with van der Waals surface area (Å²) in [6, 6.07) is 0. The number of halogens is 11. The number of hydrogen-bond donors (Lipinski definition) is 2. The highest BCUT2D eigenvalue weighted by Crippen LogP contribution is 2.59. The Balaban J connectivity index is 6.02. The third kappa shape index (κ3) is 3.17. The highest BCUT2D eigenvalue weighted by Gasteiger charge is 2.89. The van der Waals surface area contributed by atoms with E-state index in [2.05, 4.69) is 0 Å². The second-order valence-corrected chi connectivity index (χ2v) is 3.97. The Labute approximate surface area is 109 Å². The molecule has 0 aliphatic heterocycles. The van der Waals surface area contributed by atoms with E-state index in [0.29, 0.717) is 0 Å². The van der Waals surface area contributed by atoms with Gasteiger partial charge in [-0.15, -0.1) is 0 Å². The normalized spacial score (nSPS) is 17.0. The first-order valence-corrected chi connectivity index (χ1v) is 4.82. The van der Waals surface area contributed by atoms with Crippen molar-refractivity contribution in [3.8, 4) is 0 Å². The van der Waals surface area contributed by atoms with Crippen LogP contribution in [-0.2, 0) is 0 Å². The molecule has 0 heterocycles. The summed E-state index contributed by atoms with van der Waals surface area (Å²) >= 11 is 0. The van der Waals surface area contributed by atoms with Crippen LogP contribution in [0.3, 0.4) is 0 Å². The Morgan fingerprint density at radius 3 is 1.29 bits per heavy atom. The van der Waals surface area contributed by atoms with Crippen LogP contribution in [0.4, 0.5) is 48.3 Å². The lowest BCUT2D eigenvalue weighted by Crippen LogP contribution is -2.70. The maximum Gasteiger partial charge on any atom is 0.438 e. The second-order valence-electron chi connectivity index (χ2n) is 3.97. The molecule has 0 fully saturated rings. The zero-order chi connectivity index (χ0) is 17.5. The van der Waals surface area contributed by atoms with Crippen LogP contribution in [0, 0.1) is 0 Å². The maximum absolute atomic E-state index is 13.0. The van der Waals surface area contributed by atoms with E-state index < -0.39 is 49.0 Å². The highest BCUT2D eigenvalue weighted by atomic mass is 19.4. The van der Waals surface area contributed by atoms with Gasteiger partial charge in [0.25, 0.3) is 0 Å². The van der Waals surface area contributed by atoms with Crippen molar-refractivity contribution < 1.29 is 58.5 Å². The number of hydrogen-bond acceptors (Lipinski definition) is 2. The molecule has 0 amide bonds. The Hall–Kier alpha value is -0.850. The molecule has 0 aliphatic carbocycles. The lowest BCUT2D eigenvalue weighted by atomic mass is 9.88. The van der Waals surface area contributed by atoms with Crippen molar-refractivity contribution in [2.24, 2.45) is 0 Å². The van der Waals surface area contributed by atoms with Crippen molar-refractivity contribution >= 4 is 0 Å². The molecule has 2 N–H and O–H groups in total. The first-order chi connectivity index (χ1) is 8.95. The quantitative estimate of drug-likeness (QED) is 0.753. The first kappa shape index (κ1) is 20.1. The van der Waals surface area contributed by atoms with Crippen LogP contribution in [0.2, 0.25) is 0 Å². The maximum atomic E-state index is 13.0. The molecule has 1 unspecified atom stereocenters. The molecule has 13 heteroatoms. The summed E-state index contributed by atoms with van der Waals surface area (Å²) in [4.78, 5) is 0. The van der Waals surface area contributed by atoms with Crippen molar-refractivity contribution in [3.63, 3.8) is 0 Å². The number of alkyl halides is 11. The van der Waals surface area contributed by atoms with Crippen molar-refractivity contribution in [2.45, 2.75) is 42.4 Å². The smallest absolute Gasteiger partial charge is 0.394 e. The van der Waals surface area contributed by atoms with Gasteiger partial charge in [0.15, 0.2) is 0 Å². The zero-order valence-corrected chi connectivity index (χ0v) is 9.54. The largest absolute Gasteiger partial charge is 0.438 e. The van der Waals surface area contributed by atoms with Crippen LogP contribution in [0.25, 0.3) is 0 Å². The summed E-state index contributed by atoms with van der Waals surface area (Å²) in [5, 5.41) is 16.6. The van der Waals surface area contributed by atoms with Crippen LogP contribution >= 0.6 is 0 Å². The van der Waals surface area contributed by atoms with Crippen LogP contribution in [0.1, 0.15) is 6.42 Å². The average Bonchev–Trinajstić information content (AvgIpc) is 2.23. The summed E-state index contributed by atoms with van der Waals surface area (Å²) in [5.41, 5.74) is -7.54. The third-order valence-corrected chi connectivity index (χ3v) is 2.38. The molecule has 1 atom stereocenters. The van der Waals surface area contributed by atoms with Crippen LogP contribution in [-0.4, -0.2) is 52.8 Å². The average molecular weight is 344 g/mol. The molecule has 0 saturated heterocycles. The lowest BCUT2D eigenvalue weighted by Gasteiger charge is -2.40. The molecular formula is C8H7F11O2. The van der Waals surface area contributed by atoms with Gasteiger partial charge in [-0.05, 0) is 0 Å². The molecule has 128 valence electrons. The fourth-order valence-electron chi connectivity index (χ4n) is 1.26. The summed E-state index contributed by atoms with van der Waals surface area (Å²) in [5.74, 6) is -13.5. The van der Waals surface area contributed by atoms with E-state index in [4.69, 9.17) is 10.2 Å².